The molecule has 1 amide bonds. The van der Waals surface area contributed by atoms with Crippen molar-refractivity contribution in [3.05, 3.63) is 29.8 Å². The van der Waals surface area contributed by atoms with Crippen molar-refractivity contribution in [1.82, 2.24) is 5.32 Å². The van der Waals surface area contributed by atoms with Gasteiger partial charge in [0, 0.05) is 25.9 Å². The predicted molar refractivity (Wildman–Crippen MR) is 78.4 cm³/mol. The smallest absolute Gasteiger partial charge is 0.242 e. The van der Waals surface area contributed by atoms with Gasteiger partial charge in [-0.05, 0) is 31.4 Å². The lowest BCUT2D eigenvalue weighted by molar-refractivity contribution is -0.121. The molecule has 0 heterocycles. The quantitative estimate of drug-likeness (QED) is 0.708. The Hall–Kier alpha value is -1.55. The summed E-state index contributed by atoms with van der Waals surface area (Å²) >= 11 is 0. The van der Waals surface area contributed by atoms with Gasteiger partial charge >= 0.3 is 0 Å². The van der Waals surface area contributed by atoms with E-state index >= 15 is 0 Å². The molecule has 0 spiro atoms. The minimum atomic E-state index is -0.241. The molecule has 1 rings (SSSR count). The second kappa shape index (κ2) is 8.53. The number of ether oxygens (including phenoxy) is 1. The lowest BCUT2D eigenvalue weighted by Crippen LogP contribution is -2.38. The van der Waals surface area contributed by atoms with Gasteiger partial charge in [0.1, 0.15) is 6.04 Å². The Morgan fingerprint density at radius 2 is 2.11 bits per heavy atom. The molecule has 1 unspecified atom stereocenters. The third-order valence-corrected chi connectivity index (χ3v) is 2.99. The van der Waals surface area contributed by atoms with Crippen LogP contribution in [0.5, 0.6) is 0 Å². The zero-order chi connectivity index (χ0) is 14.1. The summed E-state index contributed by atoms with van der Waals surface area (Å²) in [6.07, 6.45) is 1.78. The number of hydrogen-bond acceptors (Lipinski definition) is 3. The molecule has 0 saturated carbocycles. The number of benzene rings is 1. The summed E-state index contributed by atoms with van der Waals surface area (Å²) in [6, 6.07) is 7.83. The zero-order valence-electron chi connectivity index (χ0n) is 12.0. The fourth-order valence-electron chi connectivity index (χ4n) is 1.85. The number of para-hydroxylation sites is 1. The normalized spacial score (nSPS) is 11.9. The van der Waals surface area contributed by atoms with Crippen molar-refractivity contribution in [2.75, 3.05) is 25.6 Å². The minimum absolute atomic E-state index is 0.0157. The molecule has 0 aromatic heterocycles. The first kappa shape index (κ1) is 15.5. The largest absolute Gasteiger partial charge is 0.385 e. The van der Waals surface area contributed by atoms with Crippen LogP contribution in [0.1, 0.15) is 25.8 Å². The van der Waals surface area contributed by atoms with Gasteiger partial charge < -0.3 is 15.4 Å². The Morgan fingerprint density at radius 3 is 2.79 bits per heavy atom. The van der Waals surface area contributed by atoms with Gasteiger partial charge in [-0.2, -0.15) is 0 Å². The second-order valence-electron chi connectivity index (χ2n) is 4.51. The van der Waals surface area contributed by atoms with Gasteiger partial charge in [0.05, 0.1) is 0 Å². The average molecular weight is 264 g/mol. The van der Waals surface area contributed by atoms with Crippen LogP contribution in [0.15, 0.2) is 24.3 Å². The van der Waals surface area contributed by atoms with E-state index in [1.54, 1.807) is 7.11 Å². The van der Waals surface area contributed by atoms with Crippen LogP contribution < -0.4 is 10.6 Å². The minimum Gasteiger partial charge on any atom is -0.385 e. The van der Waals surface area contributed by atoms with Crippen molar-refractivity contribution in [2.24, 2.45) is 0 Å². The maximum atomic E-state index is 11.9. The van der Waals surface area contributed by atoms with E-state index in [1.807, 2.05) is 25.1 Å². The number of methoxy groups -OCH3 is 1. The third-order valence-electron chi connectivity index (χ3n) is 2.99. The molecule has 0 bridgehead atoms. The maximum absolute atomic E-state index is 11.9. The first-order valence-electron chi connectivity index (χ1n) is 6.80. The number of hydrogen-bond donors (Lipinski definition) is 2. The third kappa shape index (κ3) is 5.30. The van der Waals surface area contributed by atoms with Crippen LogP contribution >= 0.6 is 0 Å². The Bertz CT molecular complexity index is 393. The fraction of sp³-hybridized carbons (Fsp3) is 0.533. The van der Waals surface area contributed by atoms with E-state index in [4.69, 9.17) is 4.74 Å². The molecule has 19 heavy (non-hydrogen) atoms. The molecule has 4 heteroatoms. The fourth-order valence-corrected chi connectivity index (χ4v) is 1.85. The summed E-state index contributed by atoms with van der Waals surface area (Å²) in [5.41, 5.74) is 2.26. The van der Waals surface area contributed by atoms with Gasteiger partial charge in [-0.1, -0.05) is 25.1 Å². The molecule has 0 saturated heterocycles. The number of carbonyl (C=O) groups is 1. The summed E-state index contributed by atoms with van der Waals surface area (Å²) in [6.45, 7) is 5.29. The molecule has 1 aromatic rings. The lowest BCUT2D eigenvalue weighted by Gasteiger charge is -2.17. The van der Waals surface area contributed by atoms with Crippen LogP contribution in [0.2, 0.25) is 0 Å². The van der Waals surface area contributed by atoms with Crippen LogP contribution in [0.3, 0.4) is 0 Å². The summed E-state index contributed by atoms with van der Waals surface area (Å²) in [5.74, 6) is 0.0157. The van der Waals surface area contributed by atoms with E-state index in [-0.39, 0.29) is 11.9 Å². The van der Waals surface area contributed by atoms with Gasteiger partial charge in [0.2, 0.25) is 5.91 Å². The van der Waals surface area contributed by atoms with Crippen LogP contribution in [-0.2, 0) is 16.0 Å². The highest BCUT2D eigenvalue weighted by molar-refractivity contribution is 5.84. The summed E-state index contributed by atoms with van der Waals surface area (Å²) in [4.78, 5) is 11.9. The van der Waals surface area contributed by atoms with Crippen molar-refractivity contribution in [1.29, 1.82) is 0 Å². The molecule has 1 atom stereocenters. The SMILES string of the molecule is CCc1ccccc1NC(C)C(=O)NCCCOC. The summed E-state index contributed by atoms with van der Waals surface area (Å²) in [5, 5.41) is 6.15. The molecule has 1 aromatic carbocycles. The first-order valence-corrected chi connectivity index (χ1v) is 6.80. The molecule has 0 radical (unpaired) electrons. The Kier molecular flexibility index (Phi) is 6.97. The van der Waals surface area contributed by atoms with Gasteiger partial charge in [-0.15, -0.1) is 0 Å². The zero-order valence-corrected chi connectivity index (χ0v) is 12.0. The van der Waals surface area contributed by atoms with E-state index in [0.29, 0.717) is 13.2 Å². The lowest BCUT2D eigenvalue weighted by atomic mass is 10.1. The number of rotatable bonds is 8. The van der Waals surface area contributed by atoms with E-state index in [9.17, 15) is 4.79 Å². The predicted octanol–water partition coefficient (Wildman–Crippen LogP) is 2.20. The molecular weight excluding hydrogens is 240 g/mol. The topological polar surface area (TPSA) is 50.4 Å². The van der Waals surface area contributed by atoms with Gasteiger partial charge in [0.15, 0.2) is 0 Å². The Labute approximate surface area is 115 Å². The van der Waals surface area contributed by atoms with Crippen molar-refractivity contribution < 1.29 is 9.53 Å². The van der Waals surface area contributed by atoms with E-state index < -0.39 is 0 Å². The van der Waals surface area contributed by atoms with Crippen LogP contribution in [0.4, 0.5) is 5.69 Å². The highest BCUT2D eigenvalue weighted by Gasteiger charge is 2.12. The van der Waals surface area contributed by atoms with Crippen LogP contribution in [0.25, 0.3) is 0 Å². The Morgan fingerprint density at radius 1 is 1.37 bits per heavy atom. The van der Waals surface area contributed by atoms with E-state index in [1.165, 1.54) is 5.56 Å². The van der Waals surface area contributed by atoms with E-state index in [0.717, 1.165) is 18.5 Å². The summed E-state index contributed by atoms with van der Waals surface area (Å²) < 4.78 is 4.94. The number of aryl methyl sites for hydroxylation is 1. The molecular formula is C15H24N2O2. The first-order chi connectivity index (χ1) is 9.19. The molecule has 0 aliphatic carbocycles. The molecule has 0 aliphatic rings. The Balaban J connectivity index is 2.45. The molecule has 2 N–H and O–H groups in total. The maximum Gasteiger partial charge on any atom is 0.242 e. The highest BCUT2D eigenvalue weighted by atomic mass is 16.5. The van der Waals surface area contributed by atoms with Crippen LogP contribution in [0, 0.1) is 0 Å². The highest BCUT2D eigenvalue weighted by Crippen LogP contribution is 2.16. The van der Waals surface area contributed by atoms with Crippen molar-refractivity contribution in [2.45, 2.75) is 32.7 Å². The van der Waals surface area contributed by atoms with Gasteiger partial charge in [-0.25, -0.2) is 0 Å². The molecule has 106 valence electrons. The number of nitrogens with one attached hydrogen (secondary N) is 2. The number of anilines is 1. The monoisotopic (exact) mass is 264 g/mol. The van der Waals surface area contributed by atoms with Gasteiger partial charge in [-0.3, -0.25) is 4.79 Å². The number of carbonyl (C=O) groups excluding carboxylic acids is 1. The summed E-state index contributed by atoms with van der Waals surface area (Å²) in [7, 11) is 1.66. The van der Waals surface area contributed by atoms with Crippen molar-refractivity contribution in [3.63, 3.8) is 0 Å². The molecule has 0 fully saturated rings. The second-order valence-corrected chi connectivity index (χ2v) is 4.51. The van der Waals surface area contributed by atoms with E-state index in [2.05, 4.69) is 23.6 Å². The van der Waals surface area contributed by atoms with Crippen molar-refractivity contribution >= 4 is 11.6 Å². The number of amides is 1. The standard InChI is InChI=1S/C15H24N2O2/c1-4-13-8-5-6-9-14(13)17-12(2)15(18)16-10-7-11-19-3/h5-6,8-9,12,17H,4,7,10-11H2,1-3H3,(H,16,18). The molecule has 0 aliphatic heterocycles. The van der Waals surface area contributed by atoms with Crippen LogP contribution in [-0.4, -0.2) is 32.2 Å². The average Bonchev–Trinajstić information content (AvgIpc) is 2.44. The van der Waals surface area contributed by atoms with Crippen molar-refractivity contribution in [3.8, 4) is 0 Å². The van der Waals surface area contributed by atoms with Gasteiger partial charge in [0.25, 0.3) is 0 Å². The molecule has 4 nitrogen and oxygen atoms in total.